The van der Waals surface area contributed by atoms with Crippen LogP contribution in [0.4, 0.5) is 0 Å². The molecule has 31 heavy (non-hydrogen) atoms. The number of rotatable bonds is 18. The van der Waals surface area contributed by atoms with E-state index in [-0.39, 0.29) is 0 Å². The lowest BCUT2D eigenvalue weighted by atomic mass is 9.97. The number of aliphatic hydroxyl groups is 2. The maximum absolute atomic E-state index is 10.6. The number of carboxylic acids is 1. The molecule has 4 heteroatoms. The van der Waals surface area contributed by atoms with E-state index in [1.807, 2.05) is 0 Å². The van der Waals surface area contributed by atoms with Crippen LogP contribution >= 0.6 is 0 Å². The van der Waals surface area contributed by atoms with Crippen LogP contribution in [0.1, 0.15) is 122 Å². The third kappa shape index (κ3) is 16.9. The molecule has 0 amide bonds. The van der Waals surface area contributed by atoms with Gasteiger partial charge in [0.2, 0.25) is 0 Å². The lowest BCUT2D eigenvalue weighted by Gasteiger charge is -2.17. The summed E-state index contributed by atoms with van der Waals surface area (Å²) in [7, 11) is 0. The standard InChI is InChI=1S/C18H38O.C9H10O3/c1-2-3-4-5-6-7-8-9-10-11-12-13-14-15-16-17-18-19;1-9(12,8(10)11)7-5-3-2-4-6-7/h19H,2-18H2,1H3;2-6,12H,1H3,(H,10,11). The Morgan fingerprint density at radius 2 is 1.06 bits per heavy atom. The Labute approximate surface area is 191 Å². The molecule has 0 aliphatic rings. The summed E-state index contributed by atoms with van der Waals surface area (Å²) in [4.78, 5) is 10.6. The average molecular weight is 437 g/mol. The summed E-state index contributed by atoms with van der Waals surface area (Å²) in [5, 5.41) is 26.8. The molecule has 0 aliphatic carbocycles. The van der Waals surface area contributed by atoms with E-state index in [4.69, 9.17) is 10.2 Å². The van der Waals surface area contributed by atoms with Crippen LogP contribution < -0.4 is 0 Å². The Morgan fingerprint density at radius 3 is 1.39 bits per heavy atom. The van der Waals surface area contributed by atoms with E-state index in [0.29, 0.717) is 12.2 Å². The molecule has 0 spiro atoms. The zero-order chi connectivity index (χ0) is 23.2. The van der Waals surface area contributed by atoms with E-state index in [1.54, 1.807) is 30.3 Å². The van der Waals surface area contributed by atoms with Gasteiger partial charge in [0.15, 0.2) is 5.60 Å². The predicted molar refractivity (Wildman–Crippen MR) is 130 cm³/mol. The minimum Gasteiger partial charge on any atom is -0.479 e. The first-order chi connectivity index (χ1) is 15.0. The summed E-state index contributed by atoms with van der Waals surface area (Å²) in [6.45, 7) is 3.91. The highest BCUT2D eigenvalue weighted by molar-refractivity contribution is 5.78. The number of aliphatic hydroxyl groups excluding tert-OH is 1. The van der Waals surface area contributed by atoms with Crippen molar-refractivity contribution in [3.05, 3.63) is 35.9 Å². The van der Waals surface area contributed by atoms with Gasteiger partial charge in [0.05, 0.1) is 0 Å². The van der Waals surface area contributed by atoms with Gasteiger partial charge in [-0.05, 0) is 18.9 Å². The lowest BCUT2D eigenvalue weighted by Crippen LogP contribution is -2.31. The Bertz CT molecular complexity index is 497. The number of carbonyl (C=O) groups is 1. The van der Waals surface area contributed by atoms with Gasteiger partial charge in [-0.15, -0.1) is 0 Å². The quantitative estimate of drug-likeness (QED) is 0.212. The van der Waals surface area contributed by atoms with Gasteiger partial charge in [-0.3, -0.25) is 0 Å². The van der Waals surface area contributed by atoms with Gasteiger partial charge < -0.3 is 15.3 Å². The molecule has 3 N–H and O–H groups in total. The molecule has 0 fully saturated rings. The van der Waals surface area contributed by atoms with Crippen LogP contribution in [0.25, 0.3) is 0 Å². The number of unbranched alkanes of at least 4 members (excludes halogenated alkanes) is 15. The fourth-order valence-corrected chi connectivity index (χ4v) is 3.55. The minimum atomic E-state index is -1.79. The molecular formula is C27H48O4. The normalized spacial score (nSPS) is 12.6. The molecule has 0 saturated heterocycles. The summed E-state index contributed by atoms with van der Waals surface area (Å²) >= 11 is 0. The molecule has 0 aliphatic heterocycles. The van der Waals surface area contributed by atoms with E-state index in [0.717, 1.165) is 6.42 Å². The van der Waals surface area contributed by atoms with Crippen LogP contribution in [0.15, 0.2) is 30.3 Å². The first kappa shape index (κ1) is 29.6. The highest BCUT2D eigenvalue weighted by Gasteiger charge is 2.31. The van der Waals surface area contributed by atoms with Crippen molar-refractivity contribution >= 4 is 5.97 Å². The summed E-state index contributed by atoms with van der Waals surface area (Å²) in [6, 6.07) is 8.29. The Hall–Kier alpha value is -1.39. The van der Waals surface area contributed by atoms with Gasteiger partial charge >= 0.3 is 5.97 Å². The first-order valence-corrected chi connectivity index (χ1v) is 12.6. The summed E-state index contributed by atoms with van der Waals surface area (Å²) < 4.78 is 0. The van der Waals surface area contributed by atoms with Crippen molar-refractivity contribution < 1.29 is 20.1 Å². The van der Waals surface area contributed by atoms with Crippen molar-refractivity contribution in [2.24, 2.45) is 0 Å². The van der Waals surface area contributed by atoms with Gasteiger partial charge in [-0.1, -0.05) is 134 Å². The third-order valence-electron chi connectivity index (χ3n) is 5.76. The molecule has 180 valence electrons. The number of aliphatic carboxylic acids is 1. The minimum absolute atomic E-state index is 0.373. The van der Waals surface area contributed by atoms with Crippen LogP contribution in [0.3, 0.4) is 0 Å². The average Bonchev–Trinajstić information content (AvgIpc) is 2.77. The van der Waals surface area contributed by atoms with Gasteiger partial charge in [0.1, 0.15) is 0 Å². The molecule has 4 nitrogen and oxygen atoms in total. The molecule has 1 unspecified atom stereocenters. The molecule has 0 radical (unpaired) electrons. The molecule has 0 aromatic heterocycles. The van der Waals surface area contributed by atoms with Crippen molar-refractivity contribution in [3.63, 3.8) is 0 Å². The van der Waals surface area contributed by atoms with Crippen molar-refractivity contribution in [1.29, 1.82) is 0 Å². The van der Waals surface area contributed by atoms with E-state index in [9.17, 15) is 9.90 Å². The van der Waals surface area contributed by atoms with Crippen LogP contribution in [-0.4, -0.2) is 27.9 Å². The summed E-state index contributed by atoms with van der Waals surface area (Å²) in [5.74, 6) is -1.24. The lowest BCUT2D eigenvalue weighted by molar-refractivity contribution is -0.157. The monoisotopic (exact) mass is 436 g/mol. The van der Waals surface area contributed by atoms with E-state index in [2.05, 4.69) is 6.92 Å². The molecule has 0 saturated carbocycles. The smallest absolute Gasteiger partial charge is 0.340 e. The van der Waals surface area contributed by atoms with Crippen molar-refractivity contribution in [2.75, 3.05) is 6.61 Å². The number of benzene rings is 1. The number of hydrogen-bond donors (Lipinski definition) is 3. The van der Waals surface area contributed by atoms with Crippen LogP contribution in [0.5, 0.6) is 0 Å². The van der Waals surface area contributed by atoms with Gasteiger partial charge in [0, 0.05) is 6.61 Å². The number of carboxylic acid groups (broad SMARTS) is 1. The second kappa shape index (κ2) is 20.5. The zero-order valence-electron chi connectivity index (χ0n) is 20.2. The third-order valence-corrected chi connectivity index (χ3v) is 5.76. The highest BCUT2D eigenvalue weighted by Crippen LogP contribution is 2.19. The number of hydrogen-bond acceptors (Lipinski definition) is 3. The van der Waals surface area contributed by atoms with E-state index in [1.165, 1.54) is 103 Å². The van der Waals surface area contributed by atoms with Crippen LogP contribution in [0.2, 0.25) is 0 Å². The molecular weight excluding hydrogens is 388 g/mol. The maximum Gasteiger partial charge on any atom is 0.340 e. The zero-order valence-corrected chi connectivity index (χ0v) is 20.2. The predicted octanol–water partition coefficient (Wildman–Crippen LogP) is 7.22. The van der Waals surface area contributed by atoms with Crippen molar-refractivity contribution in [2.45, 2.75) is 122 Å². The second-order valence-corrected chi connectivity index (χ2v) is 8.77. The molecule has 1 aromatic rings. The maximum atomic E-state index is 10.6. The Morgan fingerprint density at radius 1 is 0.710 bits per heavy atom. The molecule has 0 bridgehead atoms. The fourth-order valence-electron chi connectivity index (χ4n) is 3.55. The van der Waals surface area contributed by atoms with Gasteiger partial charge in [-0.25, -0.2) is 4.79 Å². The molecule has 1 atom stereocenters. The van der Waals surface area contributed by atoms with Crippen molar-refractivity contribution in [1.82, 2.24) is 0 Å². The van der Waals surface area contributed by atoms with Crippen LogP contribution in [0, 0.1) is 0 Å². The van der Waals surface area contributed by atoms with Gasteiger partial charge in [-0.2, -0.15) is 0 Å². The first-order valence-electron chi connectivity index (χ1n) is 12.6. The fraction of sp³-hybridized carbons (Fsp3) is 0.741. The van der Waals surface area contributed by atoms with E-state index >= 15 is 0 Å². The van der Waals surface area contributed by atoms with E-state index < -0.39 is 11.6 Å². The van der Waals surface area contributed by atoms with Crippen molar-refractivity contribution in [3.8, 4) is 0 Å². The molecule has 1 rings (SSSR count). The summed E-state index contributed by atoms with van der Waals surface area (Å²) in [5.41, 5.74) is -1.40. The Kier molecular flexibility index (Phi) is 19.6. The van der Waals surface area contributed by atoms with Crippen LogP contribution in [-0.2, 0) is 10.4 Å². The molecule has 1 aromatic carbocycles. The molecule has 0 heterocycles. The largest absolute Gasteiger partial charge is 0.479 e. The Balaban J connectivity index is 0.000000639. The summed E-state index contributed by atoms with van der Waals surface area (Å²) in [6.07, 6.45) is 22.2. The topological polar surface area (TPSA) is 77.8 Å². The second-order valence-electron chi connectivity index (χ2n) is 8.77. The highest BCUT2D eigenvalue weighted by atomic mass is 16.4. The van der Waals surface area contributed by atoms with Gasteiger partial charge in [0.25, 0.3) is 0 Å². The SMILES string of the molecule is CC(O)(C(=O)O)c1ccccc1.CCCCCCCCCCCCCCCCCCO.